The minimum atomic E-state index is -0.704. The van der Waals surface area contributed by atoms with E-state index in [1.165, 1.54) is 0 Å². The molecule has 1 rings (SSSR count). The number of carboxylic acids is 1. The molecule has 4 heteroatoms. The maximum atomic E-state index is 10.3. The van der Waals surface area contributed by atoms with Gasteiger partial charge in [0.2, 0.25) is 0 Å². The van der Waals surface area contributed by atoms with E-state index in [0.717, 1.165) is 38.0 Å². The Balaban J connectivity index is 1.97. The van der Waals surface area contributed by atoms with E-state index in [2.05, 4.69) is 12.2 Å². The van der Waals surface area contributed by atoms with Gasteiger partial charge in [0.1, 0.15) is 5.76 Å². The molecule has 1 atom stereocenters. The van der Waals surface area contributed by atoms with Gasteiger partial charge in [0, 0.05) is 18.9 Å². The predicted molar refractivity (Wildman–Crippen MR) is 66.0 cm³/mol. The molecule has 96 valence electrons. The molecule has 0 saturated heterocycles. The minimum absolute atomic E-state index is 0.280. The molecule has 1 aromatic rings. The van der Waals surface area contributed by atoms with Gasteiger partial charge >= 0.3 is 5.97 Å². The predicted octanol–water partition coefficient (Wildman–Crippen LogP) is 2.45. The lowest BCUT2D eigenvalue weighted by atomic mass is 10.1. The van der Waals surface area contributed by atoms with Gasteiger partial charge in [-0.2, -0.15) is 0 Å². The molecule has 0 radical (unpaired) electrons. The van der Waals surface area contributed by atoms with Crippen LogP contribution in [0.25, 0.3) is 0 Å². The number of unbranched alkanes of at least 4 members (excludes halogenated alkanes) is 2. The van der Waals surface area contributed by atoms with Crippen molar-refractivity contribution >= 4 is 5.97 Å². The summed E-state index contributed by atoms with van der Waals surface area (Å²) in [6.45, 7) is 3.06. The highest BCUT2D eigenvalue weighted by atomic mass is 16.4. The molecule has 0 saturated carbocycles. The second-order valence-electron chi connectivity index (χ2n) is 4.34. The van der Waals surface area contributed by atoms with E-state index < -0.39 is 5.97 Å². The van der Waals surface area contributed by atoms with Crippen LogP contribution in [0.2, 0.25) is 0 Å². The summed E-state index contributed by atoms with van der Waals surface area (Å²) in [4.78, 5) is 10.3. The van der Waals surface area contributed by atoms with E-state index in [-0.39, 0.29) is 6.42 Å². The van der Waals surface area contributed by atoms with Crippen LogP contribution in [0.3, 0.4) is 0 Å². The highest BCUT2D eigenvalue weighted by molar-refractivity contribution is 5.66. The summed E-state index contributed by atoms with van der Waals surface area (Å²) in [7, 11) is 0. The number of carboxylic acid groups (broad SMARTS) is 1. The first-order valence-corrected chi connectivity index (χ1v) is 6.16. The SMILES string of the molecule is CC(Cc1ccco1)NCCCCCC(=O)O. The van der Waals surface area contributed by atoms with Crippen molar-refractivity contribution in [1.29, 1.82) is 0 Å². The van der Waals surface area contributed by atoms with Crippen molar-refractivity contribution in [3.63, 3.8) is 0 Å². The van der Waals surface area contributed by atoms with Crippen molar-refractivity contribution in [3.8, 4) is 0 Å². The number of nitrogens with one attached hydrogen (secondary N) is 1. The van der Waals surface area contributed by atoms with E-state index >= 15 is 0 Å². The van der Waals surface area contributed by atoms with E-state index in [9.17, 15) is 4.79 Å². The molecule has 1 unspecified atom stereocenters. The van der Waals surface area contributed by atoms with E-state index in [4.69, 9.17) is 9.52 Å². The molecule has 2 N–H and O–H groups in total. The topological polar surface area (TPSA) is 62.5 Å². The quantitative estimate of drug-likeness (QED) is 0.650. The van der Waals surface area contributed by atoms with E-state index in [0.29, 0.717) is 6.04 Å². The second-order valence-corrected chi connectivity index (χ2v) is 4.34. The van der Waals surface area contributed by atoms with Gasteiger partial charge in [0.15, 0.2) is 0 Å². The normalized spacial score (nSPS) is 12.5. The summed E-state index contributed by atoms with van der Waals surface area (Å²) in [5, 5.41) is 11.9. The Kier molecular flexibility index (Phi) is 6.40. The van der Waals surface area contributed by atoms with Crippen LogP contribution in [0, 0.1) is 0 Å². The Morgan fingerprint density at radius 2 is 2.29 bits per heavy atom. The third-order valence-electron chi connectivity index (χ3n) is 2.65. The third kappa shape index (κ3) is 6.79. The van der Waals surface area contributed by atoms with Gasteiger partial charge in [-0.1, -0.05) is 6.42 Å². The van der Waals surface area contributed by atoms with Gasteiger partial charge in [-0.25, -0.2) is 0 Å². The molecule has 0 fully saturated rings. The average Bonchev–Trinajstić information content (AvgIpc) is 2.75. The molecule has 0 aliphatic rings. The Hall–Kier alpha value is -1.29. The summed E-state index contributed by atoms with van der Waals surface area (Å²) in [6.07, 6.45) is 5.62. The molecule has 0 aromatic carbocycles. The molecule has 0 aliphatic carbocycles. The molecular weight excluding hydrogens is 218 g/mol. The van der Waals surface area contributed by atoms with Gasteiger partial charge in [0.25, 0.3) is 0 Å². The Bertz CT molecular complexity index is 308. The molecule has 1 aromatic heterocycles. The molecule has 0 spiro atoms. The summed E-state index contributed by atoms with van der Waals surface area (Å²) < 4.78 is 5.27. The number of hydrogen-bond donors (Lipinski definition) is 2. The van der Waals surface area contributed by atoms with Crippen molar-refractivity contribution in [1.82, 2.24) is 5.32 Å². The Labute approximate surface area is 102 Å². The van der Waals surface area contributed by atoms with Crippen molar-refractivity contribution in [2.75, 3.05) is 6.54 Å². The lowest BCUT2D eigenvalue weighted by molar-refractivity contribution is -0.137. The van der Waals surface area contributed by atoms with Crippen LogP contribution < -0.4 is 5.32 Å². The summed E-state index contributed by atoms with van der Waals surface area (Å²) >= 11 is 0. The van der Waals surface area contributed by atoms with E-state index in [1.54, 1.807) is 6.26 Å². The maximum Gasteiger partial charge on any atom is 0.303 e. The van der Waals surface area contributed by atoms with Crippen LogP contribution in [-0.2, 0) is 11.2 Å². The number of carbonyl (C=O) groups is 1. The molecule has 0 aliphatic heterocycles. The van der Waals surface area contributed by atoms with Crippen LogP contribution in [0.1, 0.15) is 38.4 Å². The zero-order chi connectivity index (χ0) is 12.5. The monoisotopic (exact) mass is 239 g/mol. The average molecular weight is 239 g/mol. The molecule has 0 bridgehead atoms. The zero-order valence-electron chi connectivity index (χ0n) is 10.3. The second kappa shape index (κ2) is 7.90. The summed E-state index contributed by atoms with van der Waals surface area (Å²) in [5.74, 6) is 0.292. The van der Waals surface area contributed by atoms with Crippen LogP contribution in [-0.4, -0.2) is 23.7 Å². The van der Waals surface area contributed by atoms with Gasteiger partial charge in [-0.05, 0) is 38.4 Å². The largest absolute Gasteiger partial charge is 0.481 e. The first-order chi connectivity index (χ1) is 8.18. The molecule has 4 nitrogen and oxygen atoms in total. The first kappa shape index (κ1) is 13.8. The lowest BCUT2D eigenvalue weighted by Crippen LogP contribution is -2.28. The fourth-order valence-corrected chi connectivity index (χ4v) is 1.73. The molecule has 0 amide bonds. The van der Waals surface area contributed by atoms with E-state index in [1.807, 2.05) is 12.1 Å². The van der Waals surface area contributed by atoms with Crippen LogP contribution >= 0.6 is 0 Å². The van der Waals surface area contributed by atoms with Gasteiger partial charge in [0.05, 0.1) is 6.26 Å². The van der Waals surface area contributed by atoms with Crippen molar-refractivity contribution in [2.24, 2.45) is 0 Å². The third-order valence-corrected chi connectivity index (χ3v) is 2.65. The summed E-state index contributed by atoms with van der Waals surface area (Å²) in [5.41, 5.74) is 0. The summed E-state index contributed by atoms with van der Waals surface area (Å²) in [6, 6.07) is 4.26. The highest BCUT2D eigenvalue weighted by Crippen LogP contribution is 2.04. The standard InChI is InChI=1S/C13H21NO3/c1-11(10-12-6-5-9-17-12)14-8-4-2-3-7-13(15)16/h5-6,9,11,14H,2-4,7-8,10H2,1H3,(H,15,16). The lowest BCUT2D eigenvalue weighted by Gasteiger charge is -2.11. The number of hydrogen-bond acceptors (Lipinski definition) is 3. The fourth-order valence-electron chi connectivity index (χ4n) is 1.73. The van der Waals surface area contributed by atoms with Gasteiger partial charge in [-0.15, -0.1) is 0 Å². The zero-order valence-corrected chi connectivity index (χ0v) is 10.3. The van der Waals surface area contributed by atoms with Crippen molar-refractivity contribution < 1.29 is 14.3 Å². The molecule has 1 heterocycles. The van der Waals surface area contributed by atoms with Crippen LogP contribution in [0.4, 0.5) is 0 Å². The smallest absolute Gasteiger partial charge is 0.303 e. The van der Waals surface area contributed by atoms with Crippen LogP contribution in [0.15, 0.2) is 22.8 Å². The van der Waals surface area contributed by atoms with Crippen molar-refractivity contribution in [3.05, 3.63) is 24.2 Å². The number of rotatable bonds is 9. The Morgan fingerprint density at radius 3 is 2.94 bits per heavy atom. The highest BCUT2D eigenvalue weighted by Gasteiger charge is 2.04. The van der Waals surface area contributed by atoms with Crippen LogP contribution in [0.5, 0.6) is 0 Å². The first-order valence-electron chi connectivity index (χ1n) is 6.16. The molecule has 17 heavy (non-hydrogen) atoms. The Morgan fingerprint density at radius 1 is 1.47 bits per heavy atom. The van der Waals surface area contributed by atoms with Gasteiger partial charge < -0.3 is 14.8 Å². The molecular formula is C13H21NO3. The van der Waals surface area contributed by atoms with Crippen molar-refractivity contribution in [2.45, 2.75) is 45.1 Å². The number of aliphatic carboxylic acids is 1. The fraction of sp³-hybridized carbons (Fsp3) is 0.615. The minimum Gasteiger partial charge on any atom is -0.481 e. The maximum absolute atomic E-state index is 10.3. The van der Waals surface area contributed by atoms with Gasteiger partial charge in [-0.3, -0.25) is 4.79 Å². The number of furan rings is 1.